The normalized spacial score (nSPS) is 20.8. The number of piperidine rings is 1. The Morgan fingerprint density at radius 2 is 1.91 bits per heavy atom. The molecule has 0 aliphatic carbocycles. The van der Waals surface area contributed by atoms with Gasteiger partial charge in [-0.15, -0.1) is 0 Å². The van der Waals surface area contributed by atoms with Crippen LogP contribution in [-0.2, 0) is 13.1 Å². The number of nitrogens with zero attached hydrogens (tertiary/aromatic N) is 3. The Bertz CT molecular complexity index is 1080. The maximum atomic E-state index is 11.1. The first-order valence-electron chi connectivity index (χ1n) is 12.4. The molecule has 1 aliphatic rings. The van der Waals surface area contributed by atoms with Crippen LogP contribution in [0.3, 0.4) is 0 Å². The molecule has 0 saturated carbocycles. The van der Waals surface area contributed by atoms with Gasteiger partial charge >= 0.3 is 0 Å². The quantitative estimate of drug-likeness (QED) is 0.461. The molecule has 1 aliphatic heterocycles. The van der Waals surface area contributed by atoms with Crippen molar-refractivity contribution in [2.24, 2.45) is 0 Å². The first kappa shape index (κ1) is 25.2. The van der Waals surface area contributed by atoms with Gasteiger partial charge in [0.1, 0.15) is 36.1 Å². The van der Waals surface area contributed by atoms with Crippen LogP contribution in [0.5, 0.6) is 11.5 Å². The average Bonchev–Trinajstić information content (AvgIpc) is 3.31. The van der Waals surface area contributed by atoms with Gasteiger partial charge in [-0.3, -0.25) is 4.90 Å². The second-order valence-corrected chi connectivity index (χ2v) is 9.85. The molecule has 2 N–H and O–H groups in total. The van der Waals surface area contributed by atoms with Crippen LogP contribution in [0.15, 0.2) is 60.9 Å². The van der Waals surface area contributed by atoms with Gasteiger partial charge in [0.2, 0.25) is 0 Å². The molecular formula is C28H37N3O4. The van der Waals surface area contributed by atoms with Crippen LogP contribution in [0.4, 0.5) is 0 Å². The summed E-state index contributed by atoms with van der Waals surface area (Å²) in [6, 6.07) is 15.8. The van der Waals surface area contributed by atoms with Gasteiger partial charge in [-0.25, -0.2) is 4.98 Å². The van der Waals surface area contributed by atoms with Gasteiger partial charge in [-0.05, 0) is 48.7 Å². The summed E-state index contributed by atoms with van der Waals surface area (Å²) in [6.45, 7) is 9.41. The zero-order chi connectivity index (χ0) is 24.8. The largest absolute Gasteiger partial charge is 0.492 e. The molecule has 0 spiro atoms. The molecule has 0 bridgehead atoms. The van der Waals surface area contributed by atoms with Gasteiger partial charge in [0.25, 0.3) is 0 Å². The van der Waals surface area contributed by atoms with Crippen LogP contribution in [-0.4, -0.2) is 62.7 Å². The van der Waals surface area contributed by atoms with Crippen molar-refractivity contribution < 1.29 is 19.7 Å². The van der Waals surface area contributed by atoms with E-state index in [1.165, 1.54) is 0 Å². The van der Waals surface area contributed by atoms with E-state index in [0.29, 0.717) is 37.8 Å². The molecular weight excluding hydrogens is 442 g/mol. The number of hydrogen-bond donors (Lipinski definition) is 2. The molecule has 2 heterocycles. The standard InChI is InChI=1S/C28H37N3O4/c1-21(2)27-29-12-14-31(27)15-16-34-24-9-7-23(8-10-24)18-30-13-11-26(32)28(33,19-30)20-35-25-6-4-5-22(3)17-25/h4-10,12,14,17,21,26,32-33H,11,13,15-16,18-20H2,1-3H3/t26-,28-/m0/s1. The molecule has 2 aromatic carbocycles. The predicted octanol–water partition coefficient (Wildman–Crippen LogP) is 3.77. The van der Waals surface area contributed by atoms with E-state index >= 15 is 0 Å². The minimum absolute atomic E-state index is 0.0519. The van der Waals surface area contributed by atoms with Crippen LogP contribution in [0.2, 0.25) is 0 Å². The molecule has 4 rings (SSSR count). The Balaban J connectivity index is 1.28. The molecule has 0 amide bonds. The fraction of sp³-hybridized carbons (Fsp3) is 0.464. The van der Waals surface area contributed by atoms with E-state index < -0.39 is 11.7 Å². The topological polar surface area (TPSA) is 80.0 Å². The summed E-state index contributed by atoms with van der Waals surface area (Å²) in [5.74, 6) is 2.98. The second-order valence-electron chi connectivity index (χ2n) is 9.85. The summed E-state index contributed by atoms with van der Waals surface area (Å²) in [4.78, 5) is 6.58. The monoisotopic (exact) mass is 479 g/mol. The maximum absolute atomic E-state index is 11.1. The number of aromatic nitrogens is 2. The highest BCUT2D eigenvalue weighted by Crippen LogP contribution is 2.26. The molecule has 1 saturated heterocycles. The van der Waals surface area contributed by atoms with Crippen LogP contribution >= 0.6 is 0 Å². The van der Waals surface area contributed by atoms with Gasteiger partial charge in [0.15, 0.2) is 0 Å². The number of hydrogen-bond acceptors (Lipinski definition) is 6. The highest BCUT2D eigenvalue weighted by atomic mass is 16.5. The number of aliphatic hydroxyl groups excluding tert-OH is 1. The smallest absolute Gasteiger partial charge is 0.137 e. The summed E-state index contributed by atoms with van der Waals surface area (Å²) in [5, 5.41) is 21.6. The fourth-order valence-electron chi connectivity index (χ4n) is 4.56. The van der Waals surface area contributed by atoms with Crippen molar-refractivity contribution in [1.82, 2.24) is 14.5 Å². The minimum Gasteiger partial charge on any atom is -0.492 e. The highest BCUT2D eigenvalue weighted by Gasteiger charge is 2.42. The van der Waals surface area contributed by atoms with Crippen LogP contribution in [0.25, 0.3) is 0 Å². The van der Waals surface area contributed by atoms with E-state index in [0.717, 1.165) is 35.8 Å². The maximum Gasteiger partial charge on any atom is 0.137 e. The Kier molecular flexibility index (Phi) is 8.11. The number of imidazole rings is 1. The van der Waals surface area contributed by atoms with E-state index in [4.69, 9.17) is 9.47 Å². The van der Waals surface area contributed by atoms with Crippen molar-refractivity contribution in [2.75, 3.05) is 26.3 Å². The lowest BCUT2D eigenvalue weighted by molar-refractivity contribution is -0.140. The number of benzene rings is 2. The van der Waals surface area contributed by atoms with E-state index in [9.17, 15) is 10.2 Å². The summed E-state index contributed by atoms with van der Waals surface area (Å²) < 4.78 is 13.9. The molecule has 7 heteroatoms. The number of likely N-dealkylation sites (tertiary alicyclic amines) is 1. The average molecular weight is 480 g/mol. The lowest BCUT2D eigenvalue weighted by Crippen LogP contribution is -2.59. The molecule has 3 aromatic rings. The van der Waals surface area contributed by atoms with E-state index in [1.807, 2.05) is 55.7 Å². The van der Waals surface area contributed by atoms with E-state index in [-0.39, 0.29) is 6.61 Å². The van der Waals surface area contributed by atoms with E-state index in [1.54, 1.807) is 0 Å². The Labute approximate surface area is 207 Å². The molecule has 0 unspecified atom stereocenters. The summed E-state index contributed by atoms with van der Waals surface area (Å²) >= 11 is 0. The third kappa shape index (κ3) is 6.63. The van der Waals surface area contributed by atoms with Crippen molar-refractivity contribution in [1.29, 1.82) is 0 Å². The first-order chi connectivity index (χ1) is 16.8. The molecule has 35 heavy (non-hydrogen) atoms. The number of β-amino-alcohol motifs (C(OH)–C–C–N with tert-alkyl or cyclic N) is 1. The Hall–Kier alpha value is -2.87. The lowest BCUT2D eigenvalue weighted by atomic mass is 9.90. The zero-order valence-electron chi connectivity index (χ0n) is 20.9. The predicted molar refractivity (Wildman–Crippen MR) is 136 cm³/mol. The molecule has 0 radical (unpaired) electrons. The molecule has 188 valence electrons. The van der Waals surface area contributed by atoms with Crippen LogP contribution in [0.1, 0.15) is 43.1 Å². The summed E-state index contributed by atoms with van der Waals surface area (Å²) in [7, 11) is 0. The Morgan fingerprint density at radius 1 is 1.11 bits per heavy atom. The van der Waals surface area contributed by atoms with Crippen molar-refractivity contribution in [3.8, 4) is 11.5 Å². The zero-order valence-corrected chi connectivity index (χ0v) is 20.9. The third-order valence-electron chi connectivity index (χ3n) is 6.51. The minimum atomic E-state index is -1.31. The first-order valence-corrected chi connectivity index (χ1v) is 12.4. The van der Waals surface area contributed by atoms with Gasteiger partial charge in [-0.1, -0.05) is 38.1 Å². The molecule has 1 aromatic heterocycles. The van der Waals surface area contributed by atoms with Crippen molar-refractivity contribution in [2.45, 2.75) is 57.9 Å². The van der Waals surface area contributed by atoms with Crippen molar-refractivity contribution in [3.05, 3.63) is 77.9 Å². The van der Waals surface area contributed by atoms with Crippen molar-refractivity contribution in [3.63, 3.8) is 0 Å². The fourth-order valence-corrected chi connectivity index (χ4v) is 4.56. The highest BCUT2D eigenvalue weighted by molar-refractivity contribution is 5.28. The third-order valence-corrected chi connectivity index (χ3v) is 6.51. The lowest BCUT2D eigenvalue weighted by Gasteiger charge is -2.42. The van der Waals surface area contributed by atoms with Gasteiger partial charge < -0.3 is 24.3 Å². The van der Waals surface area contributed by atoms with Crippen LogP contribution in [0, 0.1) is 6.92 Å². The van der Waals surface area contributed by atoms with Crippen LogP contribution < -0.4 is 9.47 Å². The van der Waals surface area contributed by atoms with Gasteiger partial charge in [-0.2, -0.15) is 0 Å². The number of ether oxygens (including phenoxy) is 2. The molecule has 2 atom stereocenters. The SMILES string of the molecule is Cc1cccc(OC[C@@]2(O)CN(Cc3ccc(OCCn4ccnc4C(C)C)cc3)CC[C@@H]2O)c1. The molecule has 1 fully saturated rings. The van der Waals surface area contributed by atoms with Crippen molar-refractivity contribution >= 4 is 0 Å². The van der Waals surface area contributed by atoms with Gasteiger partial charge in [0.05, 0.1) is 12.6 Å². The second kappa shape index (κ2) is 11.2. The number of rotatable bonds is 10. The van der Waals surface area contributed by atoms with Gasteiger partial charge in [0, 0.05) is 37.9 Å². The van der Waals surface area contributed by atoms with E-state index in [2.05, 4.69) is 40.4 Å². The number of aryl methyl sites for hydroxylation is 1. The summed E-state index contributed by atoms with van der Waals surface area (Å²) in [5.41, 5.74) is 0.912. The summed E-state index contributed by atoms with van der Waals surface area (Å²) in [6.07, 6.45) is 3.51. The number of aliphatic hydroxyl groups is 2. The molecule has 7 nitrogen and oxygen atoms in total. The Morgan fingerprint density at radius 3 is 2.66 bits per heavy atom.